The van der Waals surface area contributed by atoms with Gasteiger partial charge in [0.05, 0.1) is 0 Å². The minimum atomic E-state index is -0.154. The van der Waals surface area contributed by atoms with Crippen LogP contribution >= 0.6 is 0 Å². The van der Waals surface area contributed by atoms with Crippen LogP contribution in [0.5, 0.6) is 5.75 Å². The molecule has 0 atom stereocenters. The molecule has 1 amide bonds. The first-order chi connectivity index (χ1) is 8.69. The second-order valence-corrected chi connectivity index (χ2v) is 3.95. The molecule has 0 spiro atoms. The number of benzene rings is 1. The normalized spacial score (nSPS) is 10.3. The molecule has 18 heavy (non-hydrogen) atoms. The van der Waals surface area contributed by atoms with Crippen LogP contribution < -0.4 is 15.9 Å². The van der Waals surface area contributed by atoms with E-state index in [1.807, 2.05) is 6.92 Å². The number of carbonyl (C=O) groups is 1. The lowest BCUT2D eigenvalue weighted by molar-refractivity contribution is -0.127. The molecule has 1 aromatic heterocycles. The number of hydrogen-bond donors (Lipinski definition) is 2. The van der Waals surface area contributed by atoms with Crippen LogP contribution in [-0.4, -0.2) is 10.9 Å². The molecule has 94 valence electrons. The Balaban J connectivity index is 2.13. The number of amides is 1. The zero-order valence-corrected chi connectivity index (χ0v) is 10.0. The highest BCUT2D eigenvalue weighted by atomic mass is 16.7. The zero-order chi connectivity index (χ0) is 13.0. The van der Waals surface area contributed by atoms with E-state index < -0.39 is 0 Å². The van der Waals surface area contributed by atoms with E-state index >= 15 is 0 Å². The molecule has 0 fully saturated rings. The van der Waals surface area contributed by atoms with Gasteiger partial charge in [0, 0.05) is 23.4 Å². The van der Waals surface area contributed by atoms with Gasteiger partial charge in [-0.25, -0.2) is 0 Å². The molecule has 5 nitrogen and oxygen atoms in total. The average Bonchev–Trinajstić information content (AvgIpc) is 2.36. The van der Waals surface area contributed by atoms with Crippen LogP contribution in [0.1, 0.15) is 19.8 Å². The number of H-pyrrole nitrogens is 1. The number of nitrogens with one attached hydrogen (secondary N) is 2. The second kappa shape index (κ2) is 5.35. The van der Waals surface area contributed by atoms with E-state index in [0.717, 1.165) is 17.3 Å². The lowest BCUT2D eigenvalue weighted by atomic mass is 10.2. The minimum Gasteiger partial charge on any atom is -0.380 e. The first-order valence-corrected chi connectivity index (χ1v) is 5.78. The fourth-order valence-corrected chi connectivity index (χ4v) is 1.59. The number of hydroxylamine groups is 1. The molecule has 0 radical (unpaired) electrons. The van der Waals surface area contributed by atoms with Crippen molar-refractivity contribution >= 4 is 16.8 Å². The lowest BCUT2D eigenvalue weighted by Crippen LogP contribution is -2.26. The van der Waals surface area contributed by atoms with Crippen LogP contribution in [0.15, 0.2) is 35.1 Å². The van der Waals surface area contributed by atoms with E-state index in [2.05, 4.69) is 10.5 Å². The predicted octanol–water partition coefficient (Wildman–Crippen LogP) is 1.74. The third kappa shape index (κ3) is 2.88. The number of hydrogen-bond acceptors (Lipinski definition) is 3. The molecule has 0 bridgehead atoms. The minimum absolute atomic E-state index is 0.146. The summed E-state index contributed by atoms with van der Waals surface area (Å²) in [4.78, 5) is 30.2. The molecule has 0 unspecified atom stereocenters. The van der Waals surface area contributed by atoms with Gasteiger partial charge in [0.2, 0.25) is 5.56 Å². The fourth-order valence-electron chi connectivity index (χ4n) is 1.59. The summed E-state index contributed by atoms with van der Waals surface area (Å²) in [6, 6.07) is 8.32. The first-order valence-electron chi connectivity index (χ1n) is 5.78. The maximum absolute atomic E-state index is 11.2. The first kappa shape index (κ1) is 12.2. The van der Waals surface area contributed by atoms with E-state index in [9.17, 15) is 9.59 Å². The molecule has 0 aliphatic heterocycles. The quantitative estimate of drug-likeness (QED) is 0.807. The van der Waals surface area contributed by atoms with E-state index in [1.54, 1.807) is 24.3 Å². The van der Waals surface area contributed by atoms with Crippen molar-refractivity contribution in [2.24, 2.45) is 0 Å². The standard InChI is InChI=1S/C13H14N2O3/c1-2-3-13(17)15-18-10-5-6-11-9(8-10)4-7-12(16)14-11/h4-8H,2-3H2,1H3,(H,14,16)(H,15,17). The number of carbonyl (C=O) groups excluding carboxylic acids is 1. The predicted molar refractivity (Wildman–Crippen MR) is 68.2 cm³/mol. The Hall–Kier alpha value is -2.30. The Morgan fingerprint density at radius 3 is 2.94 bits per heavy atom. The maximum Gasteiger partial charge on any atom is 0.252 e. The Labute approximate surface area is 104 Å². The summed E-state index contributed by atoms with van der Waals surface area (Å²) in [6.45, 7) is 1.92. The third-order valence-electron chi connectivity index (χ3n) is 2.45. The van der Waals surface area contributed by atoms with Crippen molar-refractivity contribution in [2.45, 2.75) is 19.8 Å². The molecule has 0 saturated carbocycles. The van der Waals surface area contributed by atoms with Crippen LogP contribution in [0.2, 0.25) is 0 Å². The molecular formula is C13H14N2O3. The van der Waals surface area contributed by atoms with Gasteiger partial charge in [0.15, 0.2) is 5.75 Å². The summed E-state index contributed by atoms with van der Waals surface area (Å²) in [5.41, 5.74) is 2.95. The highest BCUT2D eigenvalue weighted by Crippen LogP contribution is 2.17. The number of pyridine rings is 1. The molecule has 2 aromatic rings. The van der Waals surface area contributed by atoms with Crippen molar-refractivity contribution < 1.29 is 9.63 Å². The molecule has 1 heterocycles. The molecule has 1 aromatic carbocycles. The van der Waals surface area contributed by atoms with Crippen LogP contribution in [0.4, 0.5) is 0 Å². The molecule has 0 aliphatic rings. The van der Waals surface area contributed by atoms with Crippen molar-refractivity contribution in [1.82, 2.24) is 10.5 Å². The summed E-state index contributed by atoms with van der Waals surface area (Å²) in [7, 11) is 0. The van der Waals surface area contributed by atoms with Crippen LogP contribution in [0.3, 0.4) is 0 Å². The van der Waals surface area contributed by atoms with Gasteiger partial charge >= 0.3 is 0 Å². The fraction of sp³-hybridized carbons (Fsp3) is 0.231. The SMILES string of the molecule is CCCC(=O)NOc1ccc2[nH]c(=O)ccc2c1. The highest BCUT2D eigenvalue weighted by Gasteiger charge is 2.02. The van der Waals surface area contributed by atoms with Crippen molar-refractivity contribution in [1.29, 1.82) is 0 Å². The van der Waals surface area contributed by atoms with Crippen LogP contribution in [-0.2, 0) is 4.79 Å². The van der Waals surface area contributed by atoms with Crippen molar-refractivity contribution in [3.05, 3.63) is 40.7 Å². The number of aromatic nitrogens is 1. The van der Waals surface area contributed by atoms with Gasteiger partial charge in [-0.05, 0) is 30.7 Å². The molecule has 0 aliphatic carbocycles. The topological polar surface area (TPSA) is 71.2 Å². The van der Waals surface area contributed by atoms with E-state index in [-0.39, 0.29) is 11.5 Å². The van der Waals surface area contributed by atoms with E-state index in [0.29, 0.717) is 12.2 Å². The van der Waals surface area contributed by atoms with Crippen LogP contribution in [0.25, 0.3) is 10.9 Å². The number of aromatic amines is 1. The smallest absolute Gasteiger partial charge is 0.252 e. The number of rotatable bonds is 4. The molecule has 5 heteroatoms. The van der Waals surface area contributed by atoms with Gasteiger partial charge in [-0.15, -0.1) is 0 Å². The monoisotopic (exact) mass is 246 g/mol. The Morgan fingerprint density at radius 2 is 2.17 bits per heavy atom. The van der Waals surface area contributed by atoms with Gasteiger partial charge in [-0.2, -0.15) is 5.48 Å². The van der Waals surface area contributed by atoms with E-state index in [1.165, 1.54) is 6.07 Å². The molecule has 2 N–H and O–H groups in total. The summed E-state index contributed by atoms with van der Waals surface area (Å²) >= 11 is 0. The summed E-state index contributed by atoms with van der Waals surface area (Å²) < 4.78 is 0. The molecule has 0 saturated heterocycles. The zero-order valence-electron chi connectivity index (χ0n) is 10.0. The van der Waals surface area contributed by atoms with Gasteiger partial charge in [-0.3, -0.25) is 9.59 Å². The maximum atomic E-state index is 11.2. The van der Waals surface area contributed by atoms with E-state index in [4.69, 9.17) is 4.84 Å². The van der Waals surface area contributed by atoms with Gasteiger partial charge in [-0.1, -0.05) is 6.92 Å². The molecular weight excluding hydrogens is 232 g/mol. The summed E-state index contributed by atoms with van der Waals surface area (Å²) in [5.74, 6) is 0.373. The highest BCUT2D eigenvalue weighted by molar-refractivity contribution is 5.80. The third-order valence-corrected chi connectivity index (χ3v) is 2.45. The van der Waals surface area contributed by atoms with Gasteiger partial charge in [0.25, 0.3) is 5.91 Å². The van der Waals surface area contributed by atoms with Crippen molar-refractivity contribution in [3.8, 4) is 5.75 Å². The van der Waals surface area contributed by atoms with Gasteiger partial charge in [0.1, 0.15) is 0 Å². The van der Waals surface area contributed by atoms with Crippen LogP contribution in [0, 0.1) is 0 Å². The summed E-state index contributed by atoms with van der Waals surface area (Å²) in [6.07, 6.45) is 1.20. The largest absolute Gasteiger partial charge is 0.380 e. The van der Waals surface area contributed by atoms with Crippen molar-refractivity contribution in [2.75, 3.05) is 0 Å². The van der Waals surface area contributed by atoms with Crippen molar-refractivity contribution in [3.63, 3.8) is 0 Å². The number of fused-ring (bicyclic) bond motifs is 1. The Kier molecular flexibility index (Phi) is 3.62. The average molecular weight is 246 g/mol. The Morgan fingerprint density at radius 1 is 1.33 bits per heavy atom. The molecule has 2 rings (SSSR count). The Bertz CT molecular complexity index is 619. The second-order valence-electron chi connectivity index (χ2n) is 3.95. The lowest BCUT2D eigenvalue weighted by Gasteiger charge is -2.07. The summed E-state index contributed by atoms with van der Waals surface area (Å²) in [5, 5.41) is 0.844. The van der Waals surface area contributed by atoms with Gasteiger partial charge < -0.3 is 9.82 Å².